The molecule has 0 aromatic heterocycles. The molecular weight excluding hydrogens is 420 g/mol. The normalized spacial score (nSPS) is 59.6. The van der Waals surface area contributed by atoms with Gasteiger partial charge >= 0.3 is 5.97 Å². The van der Waals surface area contributed by atoms with Crippen molar-refractivity contribution in [2.24, 2.45) is 52.3 Å². The lowest BCUT2D eigenvalue weighted by molar-refractivity contribution is -0.303. The van der Waals surface area contributed by atoms with Crippen molar-refractivity contribution in [3.63, 3.8) is 0 Å². The molecule has 0 aromatic carbocycles. The average Bonchev–Trinajstić information content (AvgIpc) is 3.17. The highest BCUT2D eigenvalue weighted by Gasteiger charge is 2.74. The Balaban J connectivity index is 1.34. The molecule has 3 saturated carbocycles. The molecule has 33 heavy (non-hydrogen) atoms. The van der Waals surface area contributed by atoms with E-state index in [-0.39, 0.29) is 46.3 Å². The van der Waals surface area contributed by atoms with Crippen molar-refractivity contribution in [2.75, 3.05) is 0 Å². The molecule has 0 aromatic rings. The Bertz CT molecular complexity index is 914. The zero-order valence-corrected chi connectivity index (χ0v) is 20.2. The maximum atomic E-state index is 12.5. The van der Waals surface area contributed by atoms with E-state index in [1.165, 1.54) is 0 Å². The Kier molecular flexibility index (Phi) is 4.66. The average molecular weight is 459 g/mol. The quantitative estimate of drug-likeness (QED) is 0.542. The van der Waals surface area contributed by atoms with Gasteiger partial charge in [0.15, 0.2) is 5.78 Å². The van der Waals surface area contributed by atoms with Crippen molar-refractivity contribution in [3.8, 4) is 0 Å². The Morgan fingerprint density at radius 2 is 1.82 bits per heavy atom. The third-order valence-corrected chi connectivity index (χ3v) is 11.4. The van der Waals surface area contributed by atoms with Gasteiger partial charge in [0.2, 0.25) is 5.79 Å². The number of carbonyl (C=O) groups excluding carboxylic acids is 2. The molecule has 182 valence electrons. The summed E-state index contributed by atoms with van der Waals surface area (Å²) in [5.41, 5.74) is -0.130. The second-order valence-corrected chi connectivity index (χ2v) is 12.7. The van der Waals surface area contributed by atoms with Gasteiger partial charge in [-0.25, -0.2) is 0 Å². The summed E-state index contributed by atoms with van der Waals surface area (Å²) in [6.45, 7) is 8.44. The molecule has 5 fully saturated rings. The number of esters is 1. The summed E-state index contributed by atoms with van der Waals surface area (Å²) in [5, 5.41) is 22.7. The van der Waals surface area contributed by atoms with E-state index >= 15 is 0 Å². The molecule has 4 aliphatic carbocycles. The van der Waals surface area contributed by atoms with Crippen molar-refractivity contribution in [1.82, 2.24) is 0 Å². The highest BCUT2D eigenvalue weighted by atomic mass is 16.7. The molecule has 0 amide bonds. The summed E-state index contributed by atoms with van der Waals surface area (Å²) < 4.78 is 12.3. The highest BCUT2D eigenvalue weighted by Crippen LogP contribution is 2.70. The molecule has 0 radical (unpaired) electrons. The van der Waals surface area contributed by atoms with Crippen LogP contribution in [-0.2, 0) is 19.1 Å². The van der Waals surface area contributed by atoms with Gasteiger partial charge in [-0.15, -0.1) is 0 Å². The lowest BCUT2D eigenvalue weighted by atomic mass is 9.45. The second-order valence-electron chi connectivity index (χ2n) is 12.7. The van der Waals surface area contributed by atoms with Crippen molar-refractivity contribution in [3.05, 3.63) is 12.2 Å². The van der Waals surface area contributed by atoms with Crippen LogP contribution in [0.1, 0.15) is 66.2 Å². The van der Waals surface area contributed by atoms with Crippen LogP contribution < -0.4 is 0 Å². The summed E-state index contributed by atoms with van der Waals surface area (Å²) >= 11 is 0. The predicted octanol–water partition coefficient (Wildman–Crippen LogP) is 3.25. The summed E-state index contributed by atoms with van der Waals surface area (Å²) in [5.74, 6) is -0.577. The number of aliphatic hydroxyl groups excluding tert-OH is 2. The number of rotatable bonds is 0. The number of hydrogen-bond donors (Lipinski definition) is 2. The number of hydrogen-bond acceptors (Lipinski definition) is 6. The molecule has 13 atom stereocenters. The van der Waals surface area contributed by atoms with Crippen molar-refractivity contribution in [2.45, 2.75) is 90.3 Å². The van der Waals surface area contributed by atoms with E-state index in [0.717, 1.165) is 25.7 Å². The van der Waals surface area contributed by atoms with Crippen LogP contribution >= 0.6 is 0 Å². The molecule has 0 unspecified atom stereocenters. The number of fused-ring (bicyclic) bond motifs is 7. The maximum absolute atomic E-state index is 12.5. The van der Waals surface area contributed by atoms with Crippen molar-refractivity contribution >= 4 is 11.8 Å². The van der Waals surface area contributed by atoms with Crippen LogP contribution in [0, 0.1) is 52.3 Å². The van der Waals surface area contributed by atoms with Gasteiger partial charge in [-0.1, -0.05) is 33.8 Å². The van der Waals surface area contributed by atoms with Crippen LogP contribution in [0.3, 0.4) is 0 Å². The molecule has 6 aliphatic rings. The first-order valence-electron chi connectivity index (χ1n) is 13.0. The van der Waals surface area contributed by atoms with Crippen LogP contribution in [0.25, 0.3) is 0 Å². The summed E-state index contributed by atoms with van der Waals surface area (Å²) in [7, 11) is 0. The fourth-order valence-electron chi connectivity index (χ4n) is 9.73. The van der Waals surface area contributed by atoms with Gasteiger partial charge in [-0.2, -0.15) is 0 Å². The monoisotopic (exact) mass is 458 g/mol. The Hall–Kier alpha value is -1.24. The Morgan fingerprint density at radius 3 is 2.58 bits per heavy atom. The fraction of sp³-hybridized carbons (Fsp3) is 0.852. The number of aliphatic hydroxyl groups is 2. The Morgan fingerprint density at radius 1 is 1.06 bits per heavy atom. The van der Waals surface area contributed by atoms with Crippen LogP contribution in [0.15, 0.2) is 12.2 Å². The van der Waals surface area contributed by atoms with Crippen molar-refractivity contribution < 1.29 is 29.3 Å². The fourth-order valence-corrected chi connectivity index (χ4v) is 9.73. The molecule has 2 N–H and O–H groups in total. The van der Waals surface area contributed by atoms with Gasteiger partial charge in [-0.05, 0) is 72.7 Å². The molecule has 2 heterocycles. The number of allylic oxidation sites excluding steroid dienone is 2. The van der Waals surface area contributed by atoms with Crippen molar-refractivity contribution in [1.29, 1.82) is 0 Å². The van der Waals surface area contributed by atoms with Gasteiger partial charge in [0.25, 0.3) is 0 Å². The minimum absolute atomic E-state index is 0.00844. The SMILES string of the molecule is C[C@@H]1C[C@@H](O)[C@@]2(OC1=O)O[C@H]1[C@H](O)[C@H]3[C@@H]4CC[C@H]5CC(=O)C=C[C@]5(C)[C@H]4CC[C@]3(C)[C@H]1[C@@H]2C. The molecular formula is C27H38O6. The van der Waals surface area contributed by atoms with E-state index in [2.05, 4.69) is 19.9 Å². The summed E-state index contributed by atoms with van der Waals surface area (Å²) in [6, 6.07) is 0. The molecule has 2 aliphatic heterocycles. The van der Waals surface area contributed by atoms with Gasteiger partial charge < -0.3 is 19.7 Å². The third-order valence-electron chi connectivity index (χ3n) is 11.4. The maximum Gasteiger partial charge on any atom is 0.311 e. The minimum atomic E-state index is -1.35. The topological polar surface area (TPSA) is 93.1 Å². The Labute approximate surface area is 196 Å². The molecule has 1 spiro atoms. The van der Waals surface area contributed by atoms with Crippen LogP contribution in [0.5, 0.6) is 0 Å². The highest BCUT2D eigenvalue weighted by molar-refractivity contribution is 5.91. The first-order valence-corrected chi connectivity index (χ1v) is 13.0. The molecule has 6 rings (SSSR count). The van der Waals surface area contributed by atoms with Crippen LogP contribution in [0.2, 0.25) is 0 Å². The number of carbonyl (C=O) groups is 2. The standard InChI is InChI=1S/C27H38O6/c1-13-11-19(29)27(33-24(13)31)14(2)20-23(32-27)22(30)21-17-6-5-15-12-16(28)7-9-25(15,3)18(17)8-10-26(20,21)4/h7,9,13-15,17-23,29-30H,5-6,8,10-12H2,1-4H3/t13-,14+,15+,17-,18+,19-,20+,21-,22-,23-,25+,26-,27-/m1/s1. The van der Waals surface area contributed by atoms with E-state index < -0.39 is 24.1 Å². The molecule has 0 bridgehead atoms. The lowest BCUT2D eigenvalue weighted by Crippen LogP contribution is -2.59. The minimum Gasteiger partial charge on any atom is -0.430 e. The van der Waals surface area contributed by atoms with Crippen LogP contribution in [-0.4, -0.2) is 46.1 Å². The van der Waals surface area contributed by atoms with E-state index in [1.54, 1.807) is 13.0 Å². The zero-order valence-electron chi connectivity index (χ0n) is 20.2. The van der Waals surface area contributed by atoms with Gasteiger partial charge in [0, 0.05) is 18.3 Å². The summed E-state index contributed by atoms with van der Waals surface area (Å²) in [6.07, 6.45) is 7.10. The zero-order chi connectivity index (χ0) is 23.5. The van der Waals surface area contributed by atoms with Gasteiger partial charge in [0.05, 0.1) is 18.1 Å². The van der Waals surface area contributed by atoms with E-state index in [0.29, 0.717) is 30.6 Å². The summed E-state index contributed by atoms with van der Waals surface area (Å²) in [4.78, 5) is 24.6. The third kappa shape index (κ3) is 2.66. The van der Waals surface area contributed by atoms with Crippen LogP contribution in [0.4, 0.5) is 0 Å². The first kappa shape index (κ1) is 22.2. The van der Waals surface area contributed by atoms with E-state index in [4.69, 9.17) is 9.47 Å². The molecule has 2 saturated heterocycles. The van der Waals surface area contributed by atoms with Gasteiger partial charge in [-0.3, -0.25) is 9.59 Å². The molecule has 6 heteroatoms. The molecule has 6 nitrogen and oxygen atoms in total. The lowest BCUT2D eigenvalue weighted by Gasteiger charge is -2.59. The number of ether oxygens (including phenoxy) is 2. The first-order chi connectivity index (χ1) is 15.5. The second kappa shape index (κ2) is 6.92. The number of ketones is 1. The smallest absolute Gasteiger partial charge is 0.311 e. The van der Waals surface area contributed by atoms with E-state index in [1.807, 2.05) is 6.92 Å². The van der Waals surface area contributed by atoms with E-state index in [9.17, 15) is 19.8 Å². The largest absolute Gasteiger partial charge is 0.430 e. The van der Waals surface area contributed by atoms with Gasteiger partial charge in [0.1, 0.15) is 6.10 Å². The predicted molar refractivity (Wildman–Crippen MR) is 120 cm³/mol.